The summed E-state index contributed by atoms with van der Waals surface area (Å²) >= 11 is 0. The van der Waals surface area contributed by atoms with Crippen LogP contribution in [0.2, 0.25) is 0 Å². The van der Waals surface area contributed by atoms with Crippen molar-refractivity contribution in [3.8, 4) is 11.5 Å². The Balaban J connectivity index is 2.98. The van der Waals surface area contributed by atoms with E-state index in [4.69, 9.17) is 14.6 Å². The molecule has 0 unspecified atom stereocenters. The van der Waals surface area contributed by atoms with Gasteiger partial charge < -0.3 is 14.6 Å². The van der Waals surface area contributed by atoms with Gasteiger partial charge in [0.15, 0.2) is 11.5 Å². The number of hydrogen-bond acceptors (Lipinski definition) is 3. The first-order chi connectivity index (χ1) is 6.83. The van der Waals surface area contributed by atoms with Crippen LogP contribution in [0.15, 0.2) is 18.2 Å². The Hall–Kier alpha value is -1.22. The maximum atomic E-state index is 8.86. The number of benzene rings is 1. The molecule has 0 fully saturated rings. The highest BCUT2D eigenvalue weighted by molar-refractivity contribution is 5.46. The van der Waals surface area contributed by atoms with Crippen LogP contribution in [0.5, 0.6) is 11.5 Å². The molecule has 0 saturated carbocycles. The van der Waals surface area contributed by atoms with Crippen LogP contribution in [-0.2, 0) is 6.42 Å². The van der Waals surface area contributed by atoms with E-state index >= 15 is 0 Å². The van der Waals surface area contributed by atoms with Gasteiger partial charge in [-0.2, -0.15) is 0 Å². The summed E-state index contributed by atoms with van der Waals surface area (Å²) in [6.45, 7) is 2.66. The molecule has 3 heteroatoms. The molecule has 1 N–H and O–H groups in total. The van der Waals surface area contributed by atoms with E-state index in [9.17, 15) is 0 Å². The van der Waals surface area contributed by atoms with Gasteiger partial charge in [0, 0.05) is 12.2 Å². The molecule has 0 atom stereocenters. The van der Waals surface area contributed by atoms with Crippen molar-refractivity contribution >= 4 is 0 Å². The lowest BCUT2D eigenvalue weighted by atomic mass is 10.1. The molecule has 3 nitrogen and oxygen atoms in total. The molecule has 1 rings (SSSR count). The molecule has 0 heterocycles. The number of rotatable bonds is 5. The molecular weight excluding hydrogens is 180 g/mol. The van der Waals surface area contributed by atoms with Crippen LogP contribution in [0.1, 0.15) is 12.5 Å². The molecule has 0 aromatic heterocycles. The summed E-state index contributed by atoms with van der Waals surface area (Å²) in [5.41, 5.74) is 0.973. The molecule has 0 amide bonds. The largest absolute Gasteiger partial charge is 0.493 e. The zero-order valence-electron chi connectivity index (χ0n) is 8.62. The monoisotopic (exact) mass is 196 g/mol. The number of ether oxygens (including phenoxy) is 2. The predicted octanol–water partition coefficient (Wildman–Crippen LogP) is 1.63. The number of aliphatic hydroxyl groups is 1. The van der Waals surface area contributed by atoms with Gasteiger partial charge in [0.2, 0.25) is 0 Å². The standard InChI is InChI=1S/C11H16O3/c1-3-14-10-6-4-5-9(7-8-12)11(10)13-2/h4-6,12H,3,7-8H2,1-2H3. The Bertz CT molecular complexity index is 260. The first-order valence-corrected chi connectivity index (χ1v) is 4.73. The zero-order chi connectivity index (χ0) is 10.4. The Morgan fingerprint density at radius 2 is 2.14 bits per heavy atom. The van der Waals surface area contributed by atoms with Crippen molar-refractivity contribution in [1.82, 2.24) is 0 Å². The van der Waals surface area contributed by atoms with Crippen molar-refractivity contribution in [3.05, 3.63) is 23.8 Å². The average molecular weight is 196 g/mol. The van der Waals surface area contributed by atoms with Crippen LogP contribution < -0.4 is 9.47 Å². The summed E-state index contributed by atoms with van der Waals surface area (Å²) in [7, 11) is 1.61. The fourth-order valence-electron chi connectivity index (χ4n) is 1.38. The Morgan fingerprint density at radius 3 is 2.71 bits per heavy atom. The van der Waals surface area contributed by atoms with Crippen molar-refractivity contribution in [2.24, 2.45) is 0 Å². The molecule has 0 aliphatic heterocycles. The van der Waals surface area contributed by atoms with Crippen LogP contribution in [0, 0.1) is 0 Å². The van der Waals surface area contributed by atoms with Gasteiger partial charge in [-0.1, -0.05) is 12.1 Å². The minimum absolute atomic E-state index is 0.117. The van der Waals surface area contributed by atoms with Crippen LogP contribution in [0.4, 0.5) is 0 Å². The van der Waals surface area contributed by atoms with E-state index in [1.165, 1.54) is 0 Å². The van der Waals surface area contributed by atoms with Gasteiger partial charge in [-0.25, -0.2) is 0 Å². The first kappa shape index (κ1) is 10.9. The fourth-order valence-corrected chi connectivity index (χ4v) is 1.38. The Kier molecular flexibility index (Phi) is 4.26. The lowest BCUT2D eigenvalue weighted by Crippen LogP contribution is -2.00. The van der Waals surface area contributed by atoms with E-state index < -0.39 is 0 Å². The quantitative estimate of drug-likeness (QED) is 0.777. The maximum absolute atomic E-state index is 8.86. The molecule has 0 spiro atoms. The summed E-state index contributed by atoms with van der Waals surface area (Å²) in [5.74, 6) is 1.46. The summed E-state index contributed by atoms with van der Waals surface area (Å²) in [6.07, 6.45) is 0.587. The third kappa shape index (κ3) is 2.39. The normalized spacial score (nSPS) is 9.93. The van der Waals surface area contributed by atoms with E-state index in [1.54, 1.807) is 7.11 Å². The summed E-state index contributed by atoms with van der Waals surface area (Å²) < 4.78 is 10.7. The van der Waals surface area contributed by atoms with Crippen molar-refractivity contribution in [1.29, 1.82) is 0 Å². The van der Waals surface area contributed by atoms with Crippen LogP contribution in [0.3, 0.4) is 0 Å². The number of para-hydroxylation sites is 1. The van der Waals surface area contributed by atoms with Crippen LogP contribution in [-0.4, -0.2) is 25.4 Å². The molecule has 0 bridgehead atoms. The average Bonchev–Trinajstić information content (AvgIpc) is 2.19. The molecule has 1 aromatic rings. The molecule has 78 valence electrons. The minimum Gasteiger partial charge on any atom is -0.493 e. The number of hydrogen-bond donors (Lipinski definition) is 1. The van der Waals surface area contributed by atoms with Crippen molar-refractivity contribution in [2.75, 3.05) is 20.3 Å². The van der Waals surface area contributed by atoms with Crippen LogP contribution >= 0.6 is 0 Å². The van der Waals surface area contributed by atoms with E-state index in [2.05, 4.69) is 0 Å². The van der Waals surface area contributed by atoms with E-state index in [-0.39, 0.29) is 6.61 Å². The number of aliphatic hydroxyl groups excluding tert-OH is 1. The molecule has 0 aliphatic carbocycles. The van der Waals surface area contributed by atoms with E-state index in [1.807, 2.05) is 25.1 Å². The van der Waals surface area contributed by atoms with Crippen molar-refractivity contribution < 1.29 is 14.6 Å². The molecule has 0 aliphatic rings. The topological polar surface area (TPSA) is 38.7 Å². The van der Waals surface area contributed by atoms with Gasteiger partial charge >= 0.3 is 0 Å². The van der Waals surface area contributed by atoms with Gasteiger partial charge in [-0.15, -0.1) is 0 Å². The second-order valence-electron chi connectivity index (χ2n) is 2.86. The third-order valence-electron chi connectivity index (χ3n) is 1.95. The highest BCUT2D eigenvalue weighted by atomic mass is 16.5. The molecular formula is C11H16O3. The second-order valence-corrected chi connectivity index (χ2v) is 2.86. The zero-order valence-corrected chi connectivity index (χ0v) is 8.62. The van der Waals surface area contributed by atoms with Gasteiger partial charge in [0.05, 0.1) is 13.7 Å². The van der Waals surface area contributed by atoms with Crippen molar-refractivity contribution in [2.45, 2.75) is 13.3 Å². The van der Waals surface area contributed by atoms with Gasteiger partial charge in [0.25, 0.3) is 0 Å². The highest BCUT2D eigenvalue weighted by Gasteiger charge is 2.08. The summed E-state index contributed by atoms with van der Waals surface area (Å²) in [5, 5.41) is 8.86. The second kappa shape index (κ2) is 5.50. The SMILES string of the molecule is CCOc1cccc(CCO)c1OC. The first-order valence-electron chi connectivity index (χ1n) is 4.73. The Morgan fingerprint density at radius 1 is 1.36 bits per heavy atom. The lowest BCUT2D eigenvalue weighted by molar-refractivity contribution is 0.290. The maximum Gasteiger partial charge on any atom is 0.163 e. The van der Waals surface area contributed by atoms with Gasteiger partial charge in [-0.05, 0) is 19.4 Å². The van der Waals surface area contributed by atoms with Crippen LogP contribution in [0.25, 0.3) is 0 Å². The summed E-state index contributed by atoms with van der Waals surface area (Å²) in [6, 6.07) is 5.69. The smallest absolute Gasteiger partial charge is 0.163 e. The Labute approximate surface area is 84.3 Å². The molecule has 1 aromatic carbocycles. The number of methoxy groups -OCH3 is 1. The fraction of sp³-hybridized carbons (Fsp3) is 0.455. The molecule has 0 radical (unpaired) electrons. The van der Waals surface area contributed by atoms with Gasteiger partial charge in [-0.3, -0.25) is 0 Å². The van der Waals surface area contributed by atoms with E-state index in [0.29, 0.717) is 13.0 Å². The third-order valence-corrected chi connectivity index (χ3v) is 1.95. The minimum atomic E-state index is 0.117. The predicted molar refractivity (Wildman–Crippen MR) is 55.0 cm³/mol. The molecule has 0 saturated heterocycles. The highest BCUT2D eigenvalue weighted by Crippen LogP contribution is 2.31. The lowest BCUT2D eigenvalue weighted by Gasteiger charge is -2.12. The van der Waals surface area contributed by atoms with E-state index in [0.717, 1.165) is 17.1 Å². The summed E-state index contributed by atoms with van der Waals surface area (Å²) in [4.78, 5) is 0. The van der Waals surface area contributed by atoms with Crippen molar-refractivity contribution in [3.63, 3.8) is 0 Å². The molecule has 14 heavy (non-hydrogen) atoms. The van der Waals surface area contributed by atoms with Gasteiger partial charge in [0.1, 0.15) is 0 Å².